The van der Waals surface area contributed by atoms with Crippen molar-refractivity contribution in [2.24, 2.45) is 5.73 Å². The highest BCUT2D eigenvalue weighted by atomic mass is 32.1. The standard InChI is InChI=1S/C14H22N4O4S/c1-13(2,15)12(20)18-3-4-22-8-14(21,7-18)6-16-11(19)10-5-23-9-17-10/h5,9,21H,3-4,6-8,15H2,1-2H3,(H,16,19)/t14-/m1/s1. The molecule has 4 N–H and O–H groups in total. The predicted octanol–water partition coefficient (Wildman–Crippen LogP) is -0.800. The van der Waals surface area contributed by atoms with E-state index in [0.717, 1.165) is 0 Å². The Balaban J connectivity index is 2.01. The summed E-state index contributed by atoms with van der Waals surface area (Å²) in [7, 11) is 0. The zero-order chi connectivity index (χ0) is 17.1. The highest BCUT2D eigenvalue weighted by molar-refractivity contribution is 7.07. The van der Waals surface area contributed by atoms with Gasteiger partial charge in [0.05, 0.1) is 37.4 Å². The fraction of sp³-hybridized carbons (Fsp3) is 0.643. The van der Waals surface area contributed by atoms with E-state index < -0.39 is 11.1 Å². The van der Waals surface area contributed by atoms with Crippen LogP contribution in [-0.2, 0) is 9.53 Å². The van der Waals surface area contributed by atoms with Crippen molar-refractivity contribution in [2.75, 3.05) is 32.8 Å². The number of aromatic nitrogens is 1. The Morgan fingerprint density at radius 2 is 2.35 bits per heavy atom. The molecule has 1 fully saturated rings. The average molecular weight is 342 g/mol. The first-order chi connectivity index (χ1) is 10.7. The Morgan fingerprint density at radius 3 is 2.96 bits per heavy atom. The summed E-state index contributed by atoms with van der Waals surface area (Å²) < 4.78 is 5.38. The van der Waals surface area contributed by atoms with Gasteiger partial charge in [-0.15, -0.1) is 11.3 Å². The molecule has 1 aliphatic heterocycles. The lowest BCUT2D eigenvalue weighted by Crippen LogP contribution is -2.58. The van der Waals surface area contributed by atoms with Crippen molar-refractivity contribution in [3.63, 3.8) is 0 Å². The van der Waals surface area contributed by atoms with Crippen LogP contribution in [0.2, 0.25) is 0 Å². The van der Waals surface area contributed by atoms with E-state index in [-0.39, 0.29) is 31.5 Å². The van der Waals surface area contributed by atoms with Gasteiger partial charge in [0, 0.05) is 11.9 Å². The lowest BCUT2D eigenvalue weighted by molar-refractivity contribution is -0.138. The number of thiazole rings is 1. The van der Waals surface area contributed by atoms with Crippen molar-refractivity contribution in [2.45, 2.75) is 25.0 Å². The summed E-state index contributed by atoms with van der Waals surface area (Å²) in [6.07, 6.45) is 0. The van der Waals surface area contributed by atoms with Gasteiger partial charge in [0.2, 0.25) is 5.91 Å². The van der Waals surface area contributed by atoms with Gasteiger partial charge in [-0.1, -0.05) is 0 Å². The zero-order valence-electron chi connectivity index (χ0n) is 13.2. The molecule has 0 saturated carbocycles. The third kappa shape index (κ3) is 4.71. The molecule has 1 aromatic heterocycles. The number of rotatable bonds is 4. The molecule has 23 heavy (non-hydrogen) atoms. The number of hydrogen-bond acceptors (Lipinski definition) is 7. The van der Waals surface area contributed by atoms with Crippen LogP contribution in [0.15, 0.2) is 10.9 Å². The molecular formula is C14H22N4O4S. The number of carbonyl (C=O) groups excluding carboxylic acids is 2. The second kappa shape index (κ2) is 6.91. The number of ether oxygens (including phenoxy) is 1. The number of carbonyl (C=O) groups is 2. The topological polar surface area (TPSA) is 118 Å². The smallest absolute Gasteiger partial charge is 0.270 e. The summed E-state index contributed by atoms with van der Waals surface area (Å²) in [6.45, 7) is 3.92. The molecule has 1 saturated heterocycles. The van der Waals surface area contributed by atoms with E-state index in [4.69, 9.17) is 10.5 Å². The lowest BCUT2D eigenvalue weighted by atomic mass is 10.0. The van der Waals surface area contributed by atoms with E-state index in [2.05, 4.69) is 10.3 Å². The number of aliphatic hydroxyl groups is 1. The second-order valence-electron chi connectivity index (χ2n) is 6.28. The average Bonchev–Trinajstić information content (AvgIpc) is 2.94. The van der Waals surface area contributed by atoms with Crippen molar-refractivity contribution in [1.29, 1.82) is 0 Å². The molecule has 2 rings (SSSR count). The monoisotopic (exact) mass is 342 g/mol. The summed E-state index contributed by atoms with van der Waals surface area (Å²) in [5.74, 6) is -0.645. The van der Waals surface area contributed by atoms with Gasteiger partial charge >= 0.3 is 0 Å². The van der Waals surface area contributed by atoms with Gasteiger partial charge in [-0.25, -0.2) is 4.98 Å². The number of nitrogens with zero attached hydrogens (tertiary/aromatic N) is 2. The third-order valence-corrected chi connectivity index (χ3v) is 4.03. The first kappa shape index (κ1) is 17.8. The van der Waals surface area contributed by atoms with Crippen molar-refractivity contribution in [3.05, 3.63) is 16.6 Å². The first-order valence-corrected chi connectivity index (χ1v) is 8.20. The lowest BCUT2D eigenvalue weighted by Gasteiger charge is -2.33. The SMILES string of the molecule is CC(C)(N)C(=O)N1CCOC[C@@](O)(CNC(=O)c2cscn2)C1. The highest BCUT2D eigenvalue weighted by Gasteiger charge is 2.38. The van der Waals surface area contributed by atoms with Gasteiger partial charge in [-0.3, -0.25) is 9.59 Å². The molecular weight excluding hydrogens is 320 g/mol. The summed E-state index contributed by atoms with van der Waals surface area (Å²) in [5.41, 5.74) is 5.29. The van der Waals surface area contributed by atoms with Crippen molar-refractivity contribution >= 4 is 23.2 Å². The van der Waals surface area contributed by atoms with Crippen LogP contribution in [0, 0.1) is 0 Å². The van der Waals surface area contributed by atoms with Gasteiger partial charge < -0.3 is 25.8 Å². The van der Waals surface area contributed by atoms with E-state index in [1.54, 1.807) is 24.7 Å². The van der Waals surface area contributed by atoms with Crippen molar-refractivity contribution in [3.8, 4) is 0 Å². The quantitative estimate of drug-likeness (QED) is 0.659. The van der Waals surface area contributed by atoms with Crippen LogP contribution in [0.1, 0.15) is 24.3 Å². The number of amides is 2. The van der Waals surface area contributed by atoms with Gasteiger partial charge in [0.25, 0.3) is 5.91 Å². The fourth-order valence-electron chi connectivity index (χ4n) is 2.26. The molecule has 128 valence electrons. The Hall–Kier alpha value is -1.55. The Bertz CT molecular complexity index is 558. The Kier molecular flexibility index (Phi) is 5.35. The van der Waals surface area contributed by atoms with Gasteiger partial charge in [0.1, 0.15) is 11.3 Å². The molecule has 0 unspecified atom stereocenters. The van der Waals surface area contributed by atoms with Gasteiger partial charge in [0.15, 0.2) is 0 Å². The van der Waals surface area contributed by atoms with E-state index in [0.29, 0.717) is 18.8 Å². The van der Waals surface area contributed by atoms with E-state index >= 15 is 0 Å². The molecule has 8 nitrogen and oxygen atoms in total. The number of hydrogen-bond donors (Lipinski definition) is 3. The van der Waals surface area contributed by atoms with Crippen LogP contribution in [0.4, 0.5) is 0 Å². The highest BCUT2D eigenvalue weighted by Crippen LogP contribution is 2.15. The zero-order valence-corrected chi connectivity index (χ0v) is 14.1. The maximum atomic E-state index is 12.3. The molecule has 1 aliphatic rings. The minimum absolute atomic E-state index is 0.0269. The van der Waals surface area contributed by atoms with Crippen LogP contribution < -0.4 is 11.1 Å². The number of β-amino-alcohol motifs (C(OH)–C–C–N with tert-alkyl or cyclic N) is 1. The summed E-state index contributed by atoms with van der Waals surface area (Å²) in [4.78, 5) is 29.6. The van der Waals surface area contributed by atoms with Crippen LogP contribution in [0.5, 0.6) is 0 Å². The van der Waals surface area contributed by atoms with Crippen molar-refractivity contribution in [1.82, 2.24) is 15.2 Å². The van der Waals surface area contributed by atoms with E-state index in [9.17, 15) is 14.7 Å². The minimum Gasteiger partial charge on any atom is -0.384 e. The molecule has 1 aromatic rings. The maximum absolute atomic E-state index is 12.3. The van der Waals surface area contributed by atoms with Gasteiger partial charge in [-0.2, -0.15) is 0 Å². The summed E-state index contributed by atoms with van der Waals surface area (Å²) in [5, 5.41) is 14.9. The van der Waals surface area contributed by atoms with Crippen LogP contribution in [0.25, 0.3) is 0 Å². The summed E-state index contributed by atoms with van der Waals surface area (Å²) >= 11 is 1.31. The predicted molar refractivity (Wildman–Crippen MR) is 85.1 cm³/mol. The molecule has 9 heteroatoms. The molecule has 0 aromatic carbocycles. The third-order valence-electron chi connectivity index (χ3n) is 3.44. The van der Waals surface area contributed by atoms with E-state index in [1.165, 1.54) is 16.2 Å². The second-order valence-corrected chi connectivity index (χ2v) is 7.00. The molecule has 0 aliphatic carbocycles. The van der Waals surface area contributed by atoms with E-state index in [1.807, 2.05) is 0 Å². The Labute approximate surface area is 138 Å². The molecule has 0 bridgehead atoms. The molecule has 2 amide bonds. The largest absolute Gasteiger partial charge is 0.384 e. The fourth-order valence-corrected chi connectivity index (χ4v) is 2.80. The molecule has 2 heterocycles. The van der Waals surface area contributed by atoms with Crippen LogP contribution >= 0.6 is 11.3 Å². The van der Waals surface area contributed by atoms with Gasteiger partial charge in [-0.05, 0) is 13.8 Å². The summed E-state index contributed by atoms with van der Waals surface area (Å²) in [6, 6.07) is 0. The maximum Gasteiger partial charge on any atom is 0.270 e. The number of nitrogens with two attached hydrogens (primary N) is 1. The molecule has 0 spiro atoms. The first-order valence-electron chi connectivity index (χ1n) is 7.26. The van der Waals surface area contributed by atoms with Crippen molar-refractivity contribution < 1.29 is 19.4 Å². The van der Waals surface area contributed by atoms with Crippen LogP contribution in [0.3, 0.4) is 0 Å². The van der Waals surface area contributed by atoms with Crippen LogP contribution in [-0.4, -0.2) is 70.8 Å². The minimum atomic E-state index is -1.37. The number of nitrogens with one attached hydrogen (secondary N) is 1. The molecule has 1 atom stereocenters. The molecule has 0 radical (unpaired) electrons. The normalized spacial score (nSPS) is 22.5. The Morgan fingerprint density at radius 1 is 1.61 bits per heavy atom.